The Balaban J connectivity index is 2.62. The third kappa shape index (κ3) is 2.07. The predicted molar refractivity (Wildman–Crippen MR) is 44.8 cm³/mol. The number of nitrogens with one attached hydrogen (secondary N) is 1. The average molecular weight is 170 g/mol. The predicted octanol–water partition coefficient (Wildman–Crippen LogP) is 0.619. The molecule has 0 aliphatic rings. The lowest BCUT2D eigenvalue weighted by atomic mass is 10.2. The van der Waals surface area contributed by atoms with E-state index in [0.29, 0.717) is 0 Å². The minimum absolute atomic E-state index is 0.104. The summed E-state index contributed by atoms with van der Waals surface area (Å²) in [5.74, 6) is 5.30. The van der Waals surface area contributed by atoms with Crippen molar-refractivity contribution in [2.75, 3.05) is 0 Å². The number of hydrazine groups is 1. The van der Waals surface area contributed by atoms with E-state index in [2.05, 4.69) is 21.6 Å². The van der Waals surface area contributed by atoms with Gasteiger partial charge in [-0.3, -0.25) is 11.3 Å². The maximum atomic E-state index is 5.30. The molecule has 1 atom stereocenters. The zero-order valence-corrected chi connectivity index (χ0v) is 6.84. The molecule has 4 nitrogen and oxygen atoms in total. The summed E-state index contributed by atoms with van der Waals surface area (Å²) in [5, 5.41) is 3.71. The fourth-order valence-corrected chi connectivity index (χ4v) is 1.34. The second kappa shape index (κ2) is 4.17. The molecule has 60 valence electrons. The van der Waals surface area contributed by atoms with Crippen LogP contribution in [0.4, 0.5) is 0 Å². The van der Waals surface area contributed by atoms with Crippen LogP contribution in [0.25, 0.3) is 0 Å². The Morgan fingerprint density at radius 3 is 3.18 bits per heavy atom. The first kappa shape index (κ1) is 8.32. The molecule has 1 rings (SSSR count). The summed E-state index contributed by atoms with van der Waals surface area (Å²) in [7, 11) is 0. The van der Waals surface area contributed by atoms with Gasteiger partial charge in [0, 0.05) is 0 Å². The summed E-state index contributed by atoms with van der Waals surface area (Å²) in [4.78, 5) is 1.03. The minimum Gasteiger partial charge on any atom is -0.271 e. The quantitative estimate of drug-likeness (QED) is 0.395. The SMILES string of the molecule is C=CCC(NN)c1cnns1. The molecule has 0 bridgehead atoms. The number of hydrogen-bond acceptors (Lipinski definition) is 5. The van der Waals surface area contributed by atoms with Gasteiger partial charge in [0.25, 0.3) is 0 Å². The summed E-state index contributed by atoms with van der Waals surface area (Å²) in [6.45, 7) is 3.63. The van der Waals surface area contributed by atoms with Crippen molar-refractivity contribution in [2.24, 2.45) is 5.84 Å². The number of rotatable bonds is 4. The summed E-state index contributed by atoms with van der Waals surface area (Å²) < 4.78 is 3.74. The van der Waals surface area contributed by atoms with Gasteiger partial charge in [0.2, 0.25) is 0 Å². The number of aromatic nitrogens is 2. The Hall–Kier alpha value is -0.780. The van der Waals surface area contributed by atoms with Gasteiger partial charge in [0.05, 0.1) is 17.1 Å². The molecule has 11 heavy (non-hydrogen) atoms. The summed E-state index contributed by atoms with van der Waals surface area (Å²) >= 11 is 1.34. The second-order valence-electron chi connectivity index (χ2n) is 2.06. The Morgan fingerprint density at radius 2 is 2.73 bits per heavy atom. The molecule has 0 amide bonds. The fourth-order valence-electron chi connectivity index (χ4n) is 0.761. The van der Waals surface area contributed by atoms with E-state index in [1.54, 1.807) is 6.20 Å². The molecule has 0 saturated carbocycles. The van der Waals surface area contributed by atoms with Crippen LogP contribution in [0.2, 0.25) is 0 Å². The third-order valence-corrected chi connectivity index (χ3v) is 2.10. The maximum Gasteiger partial charge on any atom is 0.0669 e. The van der Waals surface area contributed by atoms with Crippen molar-refractivity contribution in [3.05, 3.63) is 23.7 Å². The number of nitrogens with two attached hydrogens (primary N) is 1. The van der Waals surface area contributed by atoms with Gasteiger partial charge in [-0.15, -0.1) is 11.7 Å². The zero-order valence-electron chi connectivity index (χ0n) is 6.03. The zero-order chi connectivity index (χ0) is 8.10. The van der Waals surface area contributed by atoms with Crippen molar-refractivity contribution in [3.8, 4) is 0 Å². The third-order valence-electron chi connectivity index (χ3n) is 1.33. The topological polar surface area (TPSA) is 63.8 Å². The van der Waals surface area contributed by atoms with E-state index in [0.717, 1.165) is 11.3 Å². The smallest absolute Gasteiger partial charge is 0.0669 e. The molecule has 0 aliphatic heterocycles. The van der Waals surface area contributed by atoms with Crippen LogP contribution >= 0.6 is 11.5 Å². The molecule has 0 aromatic carbocycles. The number of hydrogen-bond donors (Lipinski definition) is 2. The monoisotopic (exact) mass is 170 g/mol. The highest BCUT2D eigenvalue weighted by Crippen LogP contribution is 2.17. The summed E-state index contributed by atoms with van der Waals surface area (Å²) in [6, 6.07) is 0.104. The van der Waals surface area contributed by atoms with Gasteiger partial charge in [-0.25, -0.2) is 0 Å². The standard InChI is InChI=1S/C6H10N4S/c1-2-3-5(9-7)6-4-8-10-11-6/h2,4-5,9H,1,3,7H2. The molecular formula is C6H10N4S. The van der Waals surface area contributed by atoms with Crippen molar-refractivity contribution in [1.29, 1.82) is 0 Å². The molecule has 1 aromatic heterocycles. The van der Waals surface area contributed by atoms with Crippen LogP contribution in [-0.2, 0) is 0 Å². The van der Waals surface area contributed by atoms with Crippen molar-refractivity contribution >= 4 is 11.5 Å². The molecule has 3 N–H and O–H groups in total. The van der Waals surface area contributed by atoms with E-state index in [1.165, 1.54) is 11.5 Å². The van der Waals surface area contributed by atoms with Crippen LogP contribution in [0, 0.1) is 0 Å². The van der Waals surface area contributed by atoms with Crippen molar-refractivity contribution in [1.82, 2.24) is 15.0 Å². The first-order chi connectivity index (χ1) is 5.38. The Bertz CT molecular complexity index is 208. The van der Waals surface area contributed by atoms with Crippen molar-refractivity contribution in [3.63, 3.8) is 0 Å². The largest absolute Gasteiger partial charge is 0.271 e. The van der Waals surface area contributed by atoms with E-state index >= 15 is 0 Å². The van der Waals surface area contributed by atoms with Gasteiger partial charge >= 0.3 is 0 Å². The molecule has 1 aromatic rings. The molecule has 0 aliphatic carbocycles. The summed E-state index contributed by atoms with van der Waals surface area (Å²) in [6.07, 6.45) is 4.31. The van der Waals surface area contributed by atoms with Gasteiger partial charge in [-0.05, 0) is 18.0 Å². The van der Waals surface area contributed by atoms with E-state index in [4.69, 9.17) is 5.84 Å². The average Bonchev–Trinajstić information content (AvgIpc) is 2.52. The van der Waals surface area contributed by atoms with Crippen molar-refractivity contribution < 1.29 is 0 Å². The van der Waals surface area contributed by atoms with Gasteiger partial charge in [-0.2, -0.15) is 0 Å². The van der Waals surface area contributed by atoms with Gasteiger partial charge in [0.1, 0.15) is 0 Å². The van der Waals surface area contributed by atoms with E-state index in [1.807, 2.05) is 6.08 Å². The van der Waals surface area contributed by atoms with E-state index in [9.17, 15) is 0 Å². The van der Waals surface area contributed by atoms with Crippen LogP contribution in [-0.4, -0.2) is 9.59 Å². The number of nitrogens with zero attached hydrogens (tertiary/aromatic N) is 2. The highest BCUT2D eigenvalue weighted by atomic mass is 32.1. The van der Waals surface area contributed by atoms with Gasteiger partial charge in [-0.1, -0.05) is 10.6 Å². The van der Waals surface area contributed by atoms with Crippen LogP contribution in [0.1, 0.15) is 17.3 Å². The van der Waals surface area contributed by atoms with Gasteiger partial charge in [0.15, 0.2) is 0 Å². The molecule has 0 spiro atoms. The van der Waals surface area contributed by atoms with Crippen LogP contribution < -0.4 is 11.3 Å². The van der Waals surface area contributed by atoms with Crippen molar-refractivity contribution in [2.45, 2.75) is 12.5 Å². The molecule has 0 saturated heterocycles. The normalized spacial score (nSPS) is 12.8. The van der Waals surface area contributed by atoms with Crippen LogP contribution in [0.3, 0.4) is 0 Å². The van der Waals surface area contributed by atoms with Crippen LogP contribution in [0.15, 0.2) is 18.9 Å². The first-order valence-electron chi connectivity index (χ1n) is 3.22. The summed E-state index contributed by atoms with van der Waals surface area (Å²) in [5.41, 5.74) is 2.66. The van der Waals surface area contributed by atoms with Gasteiger partial charge < -0.3 is 0 Å². The molecule has 5 heteroatoms. The molecule has 0 fully saturated rings. The fraction of sp³-hybridized carbons (Fsp3) is 0.333. The molecule has 1 unspecified atom stereocenters. The minimum atomic E-state index is 0.104. The molecule has 1 heterocycles. The lowest BCUT2D eigenvalue weighted by Crippen LogP contribution is -2.26. The maximum absolute atomic E-state index is 5.30. The first-order valence-corrected chi connectivity index (χ1v) is 4.00. The van der Waals surface area contributed by atoms with E-state index < -0.39 is 0 Å². The lowest BCUT2D eigenvalue weighted by molar-refractivity contribution is 0.569. The highest BCUT2D eigenvalue weighted by molar-refractivity contribution is 7.05. The Kier molecular flexibility index (Phi) is 3.15. The second-order valence-corrected chi connectivity index (χ2v) is 2.88. The molecular weight excluding hydrogens is 160 g/mol. The Morgan fingerprint density at radius 1 is 1.91 bits per heavy atom. The van der Waals surface area contributed by atoms with E-state index in [-0.39, 0.29) is 6.04 Å². The molecule has 0 radical (unpaired) electrons. The highest BCUT2D eigenvalue weighted by Gasteiger charge is 2.08. The lowest BCUT2D eigenvalue weighted by Gasteiger charge is -2.08. The van der Waals surface area contributed by atoms with Crippen LogP contribution in [0.5, 0.6) is 0 Å². The Labute approximate surface area is 69.3 Å².